The summed E-state index contributed by atoms with van der Waals surface area (Å²) in [6.45, 7) is 6.90. The Balaban J connectivity index is 3.40. The van der Waals surface area contributed by atoms with Crippen LogP contribution in [0.25, 0.3) is 0 Å². The van der Waals surface area contributed by atoms with Crippen LogP contribution in [0.5, 0.6) is 0 Å². The van der Waals surface area contributed by atoms with Gasteiger partial charge in [-0.05, 0) is 27.2 Å². The van der Waals surface area contributed by atoms with Crippen LogP contribution in [0.3, 0.4) is 0 Å². The molecule has 0 aliphatic heterocycles. The first kappa shape index (κ1) is 10.6. The highest BCUT2D eigenvalue weighted by Gasteiger charge is 2.20. The molecule has 0 saturated heterocycles. The average molecular weight is 253 g/mol. The maximum atomic E-state index is 5.49. The molecule has 1 aromatic carbocycles. The van der Waals surface area contributed by atoms with E-state index in [1.165, 1.54) is 5.19 Å². The molecular formula is C11H13BrSi. The minimum atomic E-state index is -1.30. The monoisotopic (exact) mass is 252 g/mol. The second kappa shape index (κ2) is 3.69. The molecule has 0 aliphatic rings. The molecular weight excluding hydrogens is 240 g/mol. The van der Waals surface area contributed by atoms with E-state index in [2.05, 4.69) is 53.6 Å². The second-order valence-corrected chi connectivity index (χ2v) is 9.95. The summed E-state index contributed by atoms with van der Waals surface area (Å²) in [7, 11) is -1.30. The van der Waals surface area contributed by atoms with E-state index in [0.717, 1.165) is 10.0 Å². The van der Waals surface area contributed by atoms with Gasteiger partial charge in [-0.1, -0.05) is 37.7 Å². The van der Waals surface area contributed by atoms with Crippen molar-refractivity contribution in [2.45, 2.75) is 19.6 Å². The lowest BCUT2D eigenvalue weighted by atomic mass is 10.2. The van der Waals surface area contributed by atoms with Crippen LogP contribution >= 0.6 is 15.9 Å². The van der Waals surface area contributed by atoms with Crippen LogP contribution in [-0.2, 0) is 0 Å². The van der Waals surface area contributed by atoms with Gasteiger partial charge in [-0.25, -0.2) is 0 Å². The summed E-state index contributed by atoms with van der Waals surface area (Å²) in [6, 6.07) is 6.20. The molecule has 0 amide bonds. The fourth-order valence-corrected chi connectivity index (χ4v) is 3.51. The Labute approximate surface area is 89.5 Å². The van der Waals surface area contributed by atoms with E-state index in [4.69, 9.17) is 6.42 Å². The summed E-state index contributed by atoms with van der Waals surface area (Å²) in [4.78, 5) is 0. The molecule has 0 atom stereocenters. The molecule has 13 heavy (non-hydrogen) atoms. The molecule has 0 unspecified atom stereocenters. The Morgan fingerprint density at radius 2 is 1.92 bits per heavy atom. The van der Waals surface area contributed by atoms with Gasteiger partial charge < -0.3 is 0 Å². The molecule has 0 aromatic heterocycles. The molecule has 0 aliphatic carbocycles. The van der Waals surface area contributed by atoms with Crippen molar-refractivity contribution in [3.8, 4) is 12.3 Å². The molecule has 68 valence electrons. The summed E-state index contributed by atoms with van der Waals surface area (Å²) < 4.78 is 1.04. The van der Waals surface area contributed by atoms with Crippen molar-refractivity contribution in [3.05, 3.63) is 28.2 Å². The lowest BCUT2D eigenvalue weighted by Gasteiger charge is -2.19. The minimum absolute atomic E-state index is 1.03. The molecule has 1 rings (SSSR count). The van der Waals surface area contributed by atoms with E-state index in [1.807, 2.05) is 6.07 Å². The van der Waals surface area contributed by atoms with Crippen LogP contribution in [0.15, 0.2) is 22.7 Å². The average Bonchev–Trinajstić information content (AvgIpc) is 2.02. The molecule has 0 fully saturated rings. The number of rotatable bonds is 1. The zero-order valence-electron chi connectivity index (χ0n) is 8.19. The molecule has 0 spiro atoms. The smallest absolute Gasteiger partial charge is 0.0792 e. The van der Waals surface area contributed by atoms with Gasteiger partial charge in [0.15, 0.2) is 0 Å². The van der Waals surface area contributed by atoms with E-state index in [0.29, 0.717) is 0 Å². The van der Waals surface area contributed by atoms with Crippen molar-refractivity contribution in [2.24, 2.45) is 0 Å². The number of halogens is 1. The maximum absolute atomic E-state index is 5.49. The molecule has 0 bridgehead atoms. The van der Waals surface area contributed by atoms with Gasteiger partial charge in [0.2, 0.25) is 0 Å². The summed E-state index contributed by atoms with van der Waals surface area (Å²) in [5, 5.41) is 1.35. The fraction of sp³-hybridized carbons (Fsp3) is 0.273. The summed E-state index contributed by atoms with van der Waals surface area (Å²) in [5.74, 6) is 2.76. The van der Waals surface area contributed by atoms with Crippen LogP contribution in [0.4, 0.5) is 0 Å². The Morgan fingerprint density at radius 1 is 1.31 bits per heavy atom. The minimum Gasteiger partial charge on any atom is -0.115 e. The maximum Gasteiger partial charge on any atom is 0.0792 e. The van der Waals surface area contributed by atoms with Crippen LogP contribution in [0, 0.1) is 12.3 Å². The van der Waals surface area contributed by atoms with Crippen molar-refractivity contribution < 1.29 is 0 Å². The van der Waals surface area contributed by atoms with Gasteiger partial charge in [0.25, 0.3) is 0 Å². The van der Waals surface area contributed by atoms with Gasteiger partial charge in [0, 0.05) is 10.0 Å². The van der Waals surface area contributed by atoms with Gasteiger partial charge in [0.1, 0.15) is 0 Å². The molecule has 0 saturated carbocycles. The third kappa shape index (κ3) is 2.23. The molecule has 0 heterocycles. The van der Waals surface area contributed by atoms with E-state index < -0.39 is 8.07 Å². The molecule has 0 radical (unpaired) electrons. The lowest BCUT2D eigenvalue weighted by Crippen LogP contribution is -2.39. The van der Waals surface area contributed by atoms with Gasteiger partial charge >= 0.3 is 0 Å². The van der Waals surface area contributed by atoms with Crippen LogP contribution in [-0.4, -0.2) is 8.07 Å². The highest BCUT2D eigenvalue weighted by atomic mass is 79.9. The Morgan fingerprint density at radius 3 is 2.31 bits per heavy atom. The van der Waals surface area contributed by atoms with E-state index in [-0.39, 0.29) is 0 Å². The topological polar surface area (TPSA) is 0 Å². The Hall–Kier alpha value is -0.523. The number of hydrogen-bond acceptors (Lipinski definition) is 0. The number of benzene rings is 1. The first-order valence-corrected chi connectivity index (χ1v) is 8.51. The van der Waals surface area contributed by atoms with Crippen LogP contribution in [0.2, 0.25) is 19.6 Å². The quantitative estimate of drug-likeness (QED) is 0.533. The predicted octanol–water partition coefficient (Wildman–Crippen LogP) is 2.98. The Kier molecular flexibility index (Phi) is 3.00. The van der Waals surface area contributed by atoms with Gasteiger partial charge in [-0.2, -0.15) is 0 Å². The molecule has 2 heteroatoms. The first-order chi connectivity index (χ1) is 5.96. The molecule has 0 nitrogen and oxygen atoms in total. The molecule has 1 aromatic rings. The third-order valence-corrected chi connectivity index (χ3v) is 4.66. The van der Waals surface area contributed by atoms with Gasteiger partial charge in [0.05, 0.1) is 8.07 Å². The van der Waals surface area contributed by atoms with Crippen molar-refractivity contribution >= 4 is 29.2 Å². The number of hydrogen-bond donors (Lipinski definition) is 0. The van der Waals surface area contributed by atoms with Crippen molar-refractivity contribution in [1.29, 1.82) is 0 Å². The molecule has 0 N–H and O–H groups in total. The summed E-state index contributed by atoms with van der Waals surface area (Å²) in [5.41, 5.74) is 1.03. The first-order valence-electron chi connectivity index (χ1n) is 4.22. The van der Waals surface area contributed by atoms with E-state index in [1.54, 1.807) is 0 Å². The lowest BCUT2D eigenvalue weighted by molar-refractivity contribution is 1.59. The fourth-order valence-electron chi connectivity index (χ4n) is 1.30. The predicted molar refractivity (Wildman–Crippen MR) is 65.1 cm³/mol. The highest BCUT2D eigenvalue weighted by Crippen LogP contribution is 2.16. The summed E-state index contributed by atoms with van der Waals surface area (Å²) in [6.07, 6.45) is 5.49. The van der Waals surface area contributed by atoms with Crippen LogP contribution < -0.4 is 5.19 Å². The van der Waals surface area contributed by atoms with Crippen molar-refractivity contribution in [3.63, 3.8) is 0 Å². The zero-order valence-corrected chi connectivity index (χ0v) is 10.8. The third-order valence-electron chi connectivity index (χ3n) is 1.97. The van der Waals surface area contributed by atoms with Gasteiger partial charge in [-0.3, -0.25) is 0 Å². The normalized spacial score (nSPS) is 11.0. The Bertz CT molecular complexity index is 355. The van der Waals surface area contributed by atoms with Crippen molar-refractivity contribution in [1.82, 2.24) is 0 Å². The van der Waals surface area contributed by atoms with Gasteiger partial charge in [-0.15, -0.1) is 6.42 Å². The van der Waals surface area contributed by atoms with Crippen LogP contribution in [0.1, 0.15) is 5.56 Å². The van der Waals surface area contributed by atoms with Crippen molar-refractivity contribution in [2.75, 3.05) is 0 Å². The standard InChI is InChI=1S/C11H13BrSi/c1-5-9-10(12)7-6-8-11(9)13(2,3)4/h1,6-8H,2-4H3. The summed E-state index contributed by atoms with van der Waals surface area (Å²) >= 11 is 3.48. The second-order valence-electron chi connectivity index (χ2n) is 4.06. The number of terminal acetylenes is 1. The SMILES string of the molecule is C#Cc1c(Br)cccc1[Si](C)(C)C. The zero-order chi connectivity index (χ0) is 10.1. The highest BCUT2D eigenvalue weighted by molar-refractivity contribution is 9.10. The van der Waals surface area contributed by atoms with E-state index >= 15 is 0 Å². The van der Waals surface area contributed by atoms with E-state index in [9.17, 15) is 0 Å². The largest absolute Gasteiger partial charge is 0.115 e.